The number of hydrogen-bond donors (Lipinski definition) is 2. The van der Waals surface area contributed by atoms with Gasteiger partial charge >= 0.3 is 0 Å². The third kappa shape index (κ3) is 4.45. The van der Waals surface area contributed by atoms with Gasteiger partial charge in [0.25, 0.3) is 5.91 Å². The molecular weight excluding hydrogens is 418 g/mol. The number of morpholine rings is 1. The predicted octanol–water partition coefficient (Wildman–Crippen LogP) is 2.27. The summed E-state index contributed by atoms with van der Waals surface area (Å²) in [6.45, 7) is 3.13. The molecule has 1 aromatic carbocycles. The minimum atomic E-state index is -1.05. The summed E-state index contributed by atoms with van der Waals surface area (Å²) >= 11 is 0. The fourth-order valence-corrected chi connectivity index (χ4v) is 4.42. The van der Waals surface area contributed by atoms with E-state index in [-0.39, 0.29) is 5.91 Å². The third-order valence-electron chi connectivity index (χ3n) is 6.21. The fourth-order valence-electron chi connectivity index (χ4n) is 4.42. The van der Waals surface area contributed by atoms with Crippen LogP contribution in [0, 0.1) is 0 Å². The molecule has 33 heavy (non-hydrogen) atoms. The van der Waals surface area contributed by atoms with Crippen LogP contribution in [0.15, 0.2) is 55.0 Å². The van der Waals surface area contributed by atoms with Crippen molar-refractivity contribution in [3.63, 3.8) is 0 Å². The van der Waals surface area contributed by atoms with E-state index in [1.165, 1.54) is 0 Å². The van der Waals surface area contributed by atoms with Crippen LogP contribution < -0.4 is 10.6 Å². The normalized spacial score (nSPS) is 16.9. The van der Waals surface area contributed by atoms with Crippen molar-refractivity contribution in [3.05, 3.63) is 66.1 Å². The monoisotopic (exact) mass is 445 g/mol. The molecule has 0 spiro atoms. The number of carbonyl (C=O) groups excluding carboxylic acids is 1. The van der Waals surface area contributed by atoms with E-state index in [1.54, 1.807) is 11.1 Å². The summed E-state index contributed by atoms with van der Waals surface area (Å²) < 4.78 is 5.33. The Hall–Kier alpha value is -3.33. The lowest BCUT2D eigenvalue weighted by Gasteiger charge is -2.32. The minimum Gasteiger partial charge on any atom is -0.378 e. The molecule has 0 saturated carbocycles. The summed E-state index contributed by atoms with van der Waals surface area (Å²) in [6, 6.07) is 11.8. The molecule has 1 atom stereocenters. The first-order valence-corrected chi connectivity index (χ1v) is 11.2. The molecular formula is C25H27N5O3. The van der Waals surface area contributed by atoms with Crippen LogP contribution >= 0.6 is 0 Å². The highest BCUT2D eigenvalue weighted by Gasteiger charge is 2.22. The molecule has 3 aromatic rings. The zero-order chi connectivity index (χ0) is 22.8. The van der Waals surface area contributed by atoms with Gasteiger partial charge in [0, 0.05) is 60.5 Å². The van der Waals surface area contributed by atoms with Crippen LogP contribution in [-0.4, -0.2) is 65.1 Å². The van der Waals surface area contributed by atoms with Crippen LogP contribution in [-0.2, 0) is 11.2 Å². The Morgan fingerprint density at radius 3 is 2.39 bits per heavy atom. The van der Waals surface area contributed by atoms with E-state index in [9.17, 15) is 9.90 Å². The van der Waals surface area contributed by atoms with Gasteiger partial charge in [0.2, 0.25) is 0 Å². The van der Waals surface area contributed by atoms with Crippen molar-refractivity contribution in [3.8, 4) is 22.3 Å². The van der Waals surface area contributed by atoms with Crippen LogP contribution in [0.3, 0.4) is 0 Å². The molecule has 1 fully saturated rings. The van der Waals surface area contributed by atoms with Gasteiger partial charge in [-0.1, -0.05) is 12.1 Å². The van der Waals surface area contributed by atoms with Crippen molar-refractivity contribution >= 4 is 11.7 Å². The van der Waals surface area contributed by atoms with Crippen molar-refractivity contribution in [2.45, 2.75) is 19.2 Å². The Balaban J connectivity index is 1.38. The van der Waals surface area contributed by atoms with Gasteiger partial charge in [-0.05, 0) is 48.2 Å². The lowest BCUT2D eigenvalue weighted by Crippen LogP contribution is -2.45. The number of nitrogens with two attached hydrogens (primary N) is 1. The van der Waals surface area contributed by atoms with E-state index < -0.39 is 6.35 Å². The minimum absolute atomic E-state index is 0.0356. The first kappa shape index (κ1) is 21.5. The average Bonchev–Trinajstić information content (AvgIpc) is 2.88. The summed E-state index contributed by atoms with van der Waals surface area (Å²) in [7, 11) is 0. The maximum absolute atomic E-state index is 12.7. The number of carbonyl (C=O) groups is 1. The third-order valence-corrected chi connectivity index (χ3v) is 6.21. The van der Waals surface area contributed by atoms with Crippen LogP contribution in [0.25, 0.3) is 22.3 Å². The quantitative estimate of drug-likeness (QED) is 0.594. The Labute approximate surface area is 192 Å². The maximum Gasteiger partial charge on any atom is 0.254 e. The highest BCUT2D eigenvalue weighted by molar-refractivity contribution is 5.94. The molecule has 2 aliphatic heterocycles. The highest BCUT2D eigenvalue weighted by Crippen LogP contribution is 2.31. The van der Waals surface area contributed by atoms with Gasteiger partial charge in [-0.25, -0.2) is 4.98 Å². The van der Waals surface area contributed by atoms with Gasteiger partial charge in [0.1, 0.15) is 5.82 Å². The second-order valence-electron chi connectivity index (χ2n) is 8.36. The van der Waals surface area contributed by atoms with E-state index in [0.29, 0.717) is 38.4 Å². The molecule has 3 N–H and O–H groups in total. The van der Waals surface area contributed by atoms with Gasteiger partial charge in [0.15, 0.2) is 6.35 Å². The maximum atomic E-state index is 12.7. The Bertz CT molecular complexity index is 1140. The number of benzene rings is 1. The Kier molecular flexibility index (Phi) is 6.04. The van der Waals surface area contributed by atoms with Crippen molar-refractivity contribution in [2.75, 3.05) is 37.7 Å². The van der Waals surface area contributed by atoms with Crippen LogP contribution in [0.2, 0.25) is 0 Å². The summed E-state index contributed by atoms with van der Waals surface area (Å²) in [4.78, 5) is 25.3. The summed E-state index contributed by atoms with van der Waals surface area (Å²) in [5, 5.41) is 9.82. The number of aliphatic hydroxyl groups is 1. The zero-order valence-electron chi connectivity index (χ0n) is 18.4. The predicted molar refractivity (Wildman–Crippen MR) is 125 cm³/mol. The zero-order valence-corrected chi connectivity index (χ0v) is 18.4. The van der Waals surface area contributed by atoms with Gasteiger partial charge in [-0.3, -0.25) is 15.5 Å². The average molecular weight is 446 g/mol. The van der Waals surface area contributed by atoms with Gasteiger partial charge in [0.05, 0.1) is 13.2 Å². The molecule has 2 aliphatic rings. The number of pyridine rings is 2. The summed E-state index contributed by atoms with van der Waals surface area (Å²) in [6.07, 6.45) is 6.20. The molecule has 4 heterocycles. The van der Waals surface area contributed by atoms with Crippen molar-refractivity contribution < 1.29 is 14.6 Å². The first-order valence-electron chi connectivity index (χ1n) is 11.2. The number of fused-ring (bicyclic) bond motifs is 1. The van der Waals surface area contributed by atoms with Gasteiger partial charge < -0.3 is 19.6 Å². The van der Waals surface area contributed by atoms with E-state index in [4.69, 9.17) is 10.5 Å². The molecule has 8 nitrogen and oxygen atoms in total. The standard InChI is InChI=1S/C25H27N5O3/c26-25(32)30-7-1-2-19-12-22(16-28-23(19)30)21-13-20(14-27-15-21)17-3-5-18(6-4-17)24(31)29-8-10-33-11-9-29/h3-6,12-16,25,32H,1-2,7-11,26H2. The molecule has 8 heteroatoms. The van der Waals surface area contributed by atoms with Crippen molar-refractivity contribution in [2.24, 2.45) is 5.73 Å². The van der Waals surface area contributed by atoms with Crippen LogP contribution in [0.5, 0.6) is 0 Å². The number of ether oxygens (including phenoxy) is 1. The number of aliphatic hydroxyl groups excluding tert-OH is 1. The second-order valence-corrected chi connectivity index (χ2v) is 8.36. The van der Waals surface area contributed by atoms with E-state index in [2.05, 4.69) is 22.1 Å². The number of nitrogens with zero attached hydrogens (tertiary/aromatic N) is 4. The SMILES string of the molecule is NC(O)N1CCCc2cc(-c3cncc(-c4ccc(C(=O)N5CCOCC5)cc4)c3)cnc21. The molecule has 2 aromatic heterocycles. The van der Waals surface area contributed by atoms with Crippen LogP contribution in [0.4, 0.5) is 5.82 Å². The van der Waals surface area contributed by atoms with Crippen LogP contribution in [0.1, 0.15) is 22.3 Å². The molecule has 0 bridgehead atoms. The molecule has 170 valence electrons. The molecule has 0 radical (unpaired) electrons. The topological polar surface area (TPSA) is 105 Å². The number of hydrogen-bond acceptors (Lipinski definition) is 7. The molecule has 1 amide bonds. The smallest absolute Gasteiger partial charge is 0.254 e. The Morgan fingerprint density at radius 1 is 0.970 bits per heavy atom. The fraction of sp³-hybridized carbons (Fsp3) is 0.320. The molecule has 0 aliphatic carbocycles. The van der Waals surface area contributed by atoms with E-state index in [1.807, 2.05) is 41.6 Å². The lowest BCUT2D eigenvalue weighted by atomic mass is 9.99. The van der Waals surface area contributed by atoms with Gasteiger partial charge in [-0.15, -0.1) is 0 Å². The van der Waals surface area contributed by atoms with Crippen molar-refractivity contribution in [1.29, 1.82) is 0 Å². The highest BCUT2D eigenvalue weighted by atomic mass is 16.5. The van der Waals surface area contributed by atoms with E-state index in [0.717, 1.165) is 46.5 Å². The van der Waals surface area contributed by atoms with Crippen molar-refractivity contribution in [1.82, 2.24) is 14.9 Å². The van der Waals surface area contributed by atoms with E-state index >= 15 is 0 Å². The summed E-state index contributed by atoms with van der Waals surface area (Å²) in [5.41, 5.74) is 11.3. The Morgan fingerprint density at radius 2 is 1.67 bits per heavy atom. The molecule has 1 saturated heterocycles. The second kappa shape index (κ2) is 9.27. The number of anilines is 1. The first-order chi connectivity index (χ1) is 16.1. The summed E-state index contributed by atoms with van der Waals surface area (Å²) in [5.74, 6) is 0.776. The number of aryl methyl sites for hydroxylation is 1. The largest absolute Gasteiger partial charge is 0.378 e. The molecule has 5 rings (SSSR count). The number of rotatable bonds is 4. The molecule has 1 unspecified atom stereocenters. The van der Waals surface area contributed by atoms with Gasteiger partial charge in [-0.2, -0.15) is 0 Å². The number of aromatic nitrogens is 2. The lowest BCUT2D eigenvalue weighted by molar-refractivity contribution is 0.0303. The number of amides is 1.